The molecule has 1 aliphatic rings. The van der Waals surface area contributed by atoms with E-state index in [-0.39, 0.29) is 12.1 Å². The minimum Gasteiger partial charge on any atom is -0.444 e. The third-order valence-corrected chi connectivity index (χ3v) is 3.29. The summed E-state index contributed by atoms with van der Waals surface area (Å²) >= 11 is 5.74. The number of halogens is 1. The molecule has 1 saturated heterocycles. The second kappa shape index (κ2) is 6.47. The standard InChI is InChI=1S/C14H21ClN4O2/c1-14(2,3)21-13(20)16-10-5-4-8-19(9-10)12-7-6-11(15)17-18-12/h6-7,10H,4-5,8-9H2,1-3H3,(H,16,20)/t10-/m0/s1. The van der Waals surface area contributed by atoms with Crippen LogP contribution in [0.15, 0.2) is 12.1 Å². The number of piperidine rings is 1. The Morgan fingerprint density at radius 2 is 2.19 bits per heavy atom. The van der Waals surface area contributed by atoms with Crippen LogP contribution in [0.4, 0.5) is 10.6 Å². The van der Waals surface area contributed by atoms with Crippen molar-refractivity contribution in [2.24, 2.45) is 0 Å². The van der Waals surface area contributed by atoms with Crippen molar-refractivity contribution >= 4 is 23.5 Å². The Labute approximate surface area is 129 Å². The van der Waals surface area contributed by atoms with Crippen molar-refractivity contribution in [2.45, 2.75) is 45.3 Å². The fourth-order valence-electron chi connectivity index (χ4n) is 2.25. The highest BCUT2D eigenvalue weighted by molar-refractivity contribution is 6.29. The maximum Gasteiger partial charge on any atom is 0.407 e. The van der Waals surface area contributed by atoms with Crippen LogP contribution in [0.1, 0.15) is 33.6 Å². The Morgan fingerprint density at radius 1 is 1.43 bits per heavy atom. The van der Waals surface area contributed by atoms with E-state index in [1.165, 1.54) is 0 Å². The van der Waals surface area contributed by atoms with Crippen molar-refractivity contribution in [3.8, 4) is 0 Å². The molecule has 1 N–H and O–H groups in total. The van der Waals surface area contributed by atoms with Crippen LogP contribution in [-0.2, 0) is 4.74 Å². The fraction of sp³-hybridized carbons (Fsp3) is 0.643. The van der Waals surface area contributed by atoms with Crippen LogP contribution in [0.25, 0.3) is 0 Å². The van der Waals surface area contributed by atoms with E-state index in [1.807, 2.05) is 26.8 Å². The lowest BCUT2D eigenvalue weighted by molar-refractivity contribution is 0.0500. The molecule has 0 radical (unpaired) electrons. The quantitative estimate of drug-likeness (QED) is 0.909. The highest BCUT2D eigenvalue weighted by Crippen LogP contribution is 2.18. The van der Waals surface area contributed by atoms with E-state index < -0.39 is 5.60 Å². The van der Waals surface area contributed by atoms with Gasteiger partial charge in [0, 0.05) is 19.1 Å². The van der Waals surface area contributed by atoms with Gasteiger partial charge in [0.2, 0.25) is 0 Å². The molecule has 6 nitrogen and oxygen atoms in total. The van der Waals surface area contributed by atoms with Crippen molar-refractivity contribution < 1.29 is 9.53 Å². The number of carbonyl (C=O) groups excluding carboxylic acids is 1. The van der Waals surface area contributed by atoms with Gasteiger partial charge in [-0.2, -0.15) is 0 Å². The van der Waals surface area contributed by atoms with Crippen LogP contribution in [0.3, 0.4) is 0 Å². The molecular weight excluding hydrogens is 292 g/mol. The number of anilines is 1. The van der Waals surface area contributed by atoms with Crippen LogP contribution in [0.2, 0.25) is 5.15 Å². The van der Waals surface area contributed by atoms with Gasteiger partial charge in [0.25, 0.3) is 0 Å². The summed E-state index contributed by atoms with van der Waals surface area (Å²) in [6.45, 7) is 7.13. The van der Waals surface area contributed by atoms with E-state index >= 15 is 0 Å². The predicted molar refractivity (Wildman–Crippen MR) is 81.6 cm³/mol. The van der Waals surface area contributed by atoms with E-state index in [4.69, 9.17) is 16.3 Å². The van der Waals surface area contributed by atoms with E-state index in [0.29, 0.717) is 11.7 Å². The number of alkyl carbamates (subject to hydrolysis) is 1. The third-order valence-electron chi connectivity index (χ3n) is 3.08. The number of aromatic nitrogens is 2. The molecule has 0 spiro atoms. The zero-order chi connectivity index (χ0) is 15.5. The van der Waals surface area contributed by atoms with Crippen LogP contribution in [0.5, 0.6) is 0 Å². The van der Waals surface area contributed by atoms with Crippen LogP contribution in [-0.4, -0.2) is 41.0 Å². The number of amides is 1. The predicted octanol–water partition coefficient (Wildman–Crippen LogP) is 2.62. The molecule has 2 heterocycles. The number of carbonyl (C=O) groups is 1. The van der Waals surface area contributed by atoms with Crippen molar-refractivity contribution in [1.82, 2.24) is 15.5 Å². The first-order chi connectivity index (χ1) is 9.83. The molecular formula is C14H21ClN4O2. The van der Waals surface area contributed by atoms with Gasteiger partial charge in [-0.3, -0.25) is 0 Å². The minimum absolute atomic E-state index is 0.0473. The molecule has 1 aliphatic heterocycles. The average molecular weight is 313 g/mol. The first-order valence-electron chi connectivity index (χ1n) is 7.07. The molecule has 0 bridgehead atoms. The average Bonchev–Trinajstić information content (AvgIpc) is 2.37. The van der Waals surface area contributed by atoms with Crippen LogP contribution < -0.4 is 10.2 Å². The Hall–Kier alpha value is -1.56. The summed E-state index contributed by atoms with van der Waals surface area (Å²) in [6.07, 6.45) is 1.53. The minimum atomic E-state index is -0.486. The molecule has 2 rings (SSSR count). The van der Waals surface area contributed by atoms with E-state index in [1.54, 1.807) is 6.07 Å². The Bertz CT molecular complexity index is 487. The molecule has 7 heteroatoms. The van der Waals surface area contributed by atoms with Gasteiger partial charge in [0.05, 0.1) is 0 Å². The van der Waals surface area contributed by atoms with Gasteiger partial charge in [0.1, 0.15) is 5.60 Å². The fourth-order valence-corrected chi connectivity index (χ4v) is 2.36. The second-order valence-electron chi connectivity index (χ2n) is 6.15. The molecule has 1 amide bonds. The molecule has 1 atom stereocenters. The topological polar surface area (TPSA) is 67.3 Å². The van der Waals surface area contributed by atoms with Gasteiger partial charge < -0.3 is 15.0 Å². The lowest BCUT2D eigenvalue weighted by Gasteiger charge is -2.34. The Morgan fingerprint density at radius 3 is 2.81 bits per heavy atom. The molecule has 21 heavy (non-hydrogen) atoms. The first-order valence-corrected chi connectivity index (χ1v) is 7.45. The van der Waals surface area contributed by atoms with Crippen molar-refractivity contribution in [3.63, 3.8) is 0 Å². The number of nitrogens with zero attached hydrogens (tertiary/aromatic N) is 3. The maximum atomic E-state index is 11.8. The number of ether oxygens (including phenoxy) is 1. The summed E-state index contributed by atoms with van der Waals surface area (Å²) in [5, 5.41) is 11.2. The largest absolute Gasteiger partial charge is 0.444 e. The zero-order valence-corrected chi connectivity index (χ0v) is 13.4. The molecule has 1 aromatic rings. The zero-order valence-electron chi connectivity index (χ0n) is 12.6. The van der Waals surface area contributed by atoms with E-state index in [9.17, 15) is 4.79 Å². The lowest BCUT2D eigenvalue weighted by atomic mass is 10.1. The van der Waals surface area contributed by atoms with Crippen molar-refractivity contribution in [3.05, 3.63) is 17.3 Å². The number of nitrogens with one attached hydrogen (secondary N) is 1. The molecule has 0 aromatic carbocycles. The monoisotopic (exact) mass is 312 g/mol. The van der Waals surface area contributed by atoms with Crippen molar-refractivity contribution in [1.29, 1.82) is 0 Å². The Kier molecular flexibility index (Phi) is 4.88. The highest BCUT2D eigenvalue weighted by Gasteiger charge is 2.24. The summed E-state index contributed by atoms with van der Waals surface area (Å²) in [6, 6.07) is 3.60. The molecule has 116 valence electrons. The van der Waals surface area contributed by atoms with Gasteiger partial charge in [-0.1, -0.05) is 11.6 Å². The summed E-state index contributed by atoms with van der Waals surface area (Å²) in [5.74, 6) is 0.773. The van der Waals surface area contributed by atoms with Gasteiger partial charge in [0.15, 0.2) is 11.0 Å². The van der Waals surface area contributed by atoms with Gasteiger partial charge in [-0.15, -0.1) is 10.2 Å². The Balaban J connectivity index is 1.91. The summed E-state index contributed by atoms with van der Waals surface area (Å²) in [7, 11) is 0. The van der Waals surface area contributed by atoms with Crippen molar-refractivity contribution in [2.75, 3.05) is 18.0 Å². The summed E-state index contributed by atoms with van der Waals surface area (Å²) in [4.78, 5) is 13.9. The second-order valence-corrected chi connectivity index (χ2v) is 6.53. The van der Waals surface area contributed by atoms with Gasteiger partial charge in [-0.05, 0) is 45.7 Å². The van der Waals surface area contributed by atoms with E-state index in [0.717, 1.165) is 25.2 Å². The normalized spacial score (nSPS) is 19.2. The van der Waals surface area contributed by atoms with Gasteiger partial charge >= 0.3 is 6.09 Å². The number of hydrogen-bond acceptors (Lipinski definition) is 5. The molecule has 0 saturated carbocycles. The van der Waals surface area contributed by atoms with Gasteiger partial charge in [-0.25, -0.2) is 4.79 Å². The first kappa shape index (κ1) is 15.8. The van der Waals surface area contributed by atoms with E-state index in [2.05, 4.69) is 20.4 Å². The SMILES string of the molecule is CC(C)(C)OC(=O)N[C@H]1CCCN(c2ccc(Cl)nn2)C1. The van der Waals surface area contributed by atoms with Crippen LogP contribution in [0, 0.1) is 0 Å². The number of rotatable bonds is 2. The number of hydrogen-bond donors (Lipinski definition) is 1. The summed E-state index contributed by atoms with van der Waals surface area (Å²) < 4.78 is 5.28. The molecule has 0 aliphatic carbocycles. The smallest absolute Gasteiger partial charge is 0.407 e. The summed E-state index contributed by atoms with van der Waals surface area (Å²) in [5.41, 5.74) is -0.486. The molecule has 1 aromatic heterocycles. The third kappa shape index (κ3) is 5.04. The maximum absolute atomic E-state index is 11.8. The lowest BCUT2D eigenvalue weighted by Crippen LogP contribution is -2.49. The molecule has 0 unspecified atom stereocenters. The highest BCUT2D eigenvalue weighted by atomic mass is 35.5. The molecule has 1 fully saturated rings. The van der Waals surface area contributed by atoms with Crippen LogP contribution >= 0.6 is 11.6 Å².